The fourth-order valence-corrected chi connectivity index (χ4v) is 4.38. The first-order valence-corrected chi connectivity index (χ1v) is 11.9. The van der Waals surface area contributed by atoms with Crippen molar-refractivity contribution in [2.24, 2.45) is 11.8 Å². The van der Waals surface area contributed by atoms with Gasteiger partial charge in [-0.05, 0) is 34.1 Å². The van der Waals surface area contributed by atoms with Gasteiger partial charge in [0, 0.05) is 12.0 Å². The Morgan fingerprint density at radius 3 is 2.00 bits per heavy atom. The Hall–Kier alpha value is -3.35. The molecule has 1 unspecified atom stereocenters. The number of nitrogens with one attached hydrogen (secondary N) is 2. The molecule has 2 aromatic carbocycles. The zero-order chi connectivity index (χ0) is 24.8. The second-order valence-electron chi connectivity index (χ2n) is 9.29. The summed E-state index contributed by atoms with van der Waals surface area (Å²) in [7, 11) is 0. The van der Waals surface area contributed by atoms with Gasteiger partial charge < -0.3 is 20.5 Å². The van der Waals surface area contributed by atoms with E-state index in [0.29, 0.717) is 6.42 Å². The number of fused-ring (bicyclic) bond motifs is 3. The molecule has 0 bridgehead atoms. The summed E-state index contributed by atoms with van der Waals surface area (Å²) in [4.78, 5) is 36.9. The Morgan fingerprint density at radius 2 is 1.50 bits per heavy atom. The highest BCUT2D eigenvalue weighted by Crippen LogP contribution is 2.44. The number of carboxylic acids is 1. The van der Waals surface area contributed by atoms with Crippen molar-refractivity contribution in [2.45, 2.75) is 58.5 Å². The lowest BCUT2D eigenvalue weighted by atomic mass is 9.96. The summed E-state index contributed by atoms with van der Waals surface area (Å²) < 4.78 is 5.61. The first-order valence-electron chi connectivity index (χ1n) is 11.9. The molecule has 0 saturated heterocycles. The van der Waals surface area contributed by atoms with Crippen molar-refractivity contribution >= 4 is 18.0 Å². The standard InChI is InChI=1S/C27H34N2O5/c1-5-17(4)25(26(32)28-23(16(2)3)14-24(30)31)29-27(33)34-15-22-20-12-8-6-10-18(20)19-11-7-9-13-21(19)22/h6-13,16-17,22-23,25H,5,14-15H2,1-4H3,(H,28,32)(H,29,33)(H,30,31)/t17?,23-,25-/m0/s1. The average molecular weight is 467 g/mol. The Bertz CT molecular complexity index is 990. The van der Waals surface area contributed by atoms with Gasteiger partial charge in [0.1, 0.15) is 12.6 Å². The summed E-state index contributed by atoms with van der Waals surface area (Å²) in [5.41, 5.74) is 4.51. The number of carboxylic acid groups (broad SMARTS) is 1. The van der Waals surface area contributed by atoms with Crippen molar-refractivity contribution in [3.05, 3.63) is 59.7 Å². The number of aliphatic carboxylic acids is 1. The fourth-order valence-electron chi connectivity index (χ4n) is 4.38. The number of carbonyl (C=O) groups is 3. The number of hydrogen-bond acceptors (Lipinski definition) is 4. The van der Waals surface area contributed by atoms with Gasteiger partial charge in [-0.2, -0.15) is 0 Å². The minimum Gasteiger partial charge on any atom is -0.481 e. The monoisotopic (exact) mass is 466 g/mol. The number of hydrogen-bond donors (Lipinski definition) is 3. The Morgan fingerprint density at radius 1 is 0.941 bits per heavy atom. The van der Waals surface area contributed by atoms with Crippen molar-refractivity contribution < 1.29 is 24.2 Å². The summed E-state index contributed by atoms with van der Waals surface area (Å²) in [6, 6.07) is 14.8. The summed E-state index contributed by atoms with van der Waals surface area (Å²) in [5.74, 6) is -1.67. The van der Waals surface area contributed by atoms with Gasteiger partial charge in [0.15, 0.2) is 0 Å². The first kappa shape index (κ1) is 25.3. The average Bonchev–Trinajstić information content (AvgIpc) is 3.13. The second kappa shape index (κ2) is 11.2. The number of amides is 2. The maximum Gasteiger partial charge on any atom is 0.407 e. The molecule has 0 spiro atoms. The number of alkyl carbamates (subject to hydrolysis) is 1. The predicted octanol–water partition coefficient (Wildman–Crippen LogP) is 4.56. The van der Waals surface area contributed by atoms with Crippen molar-refractivity contribution in [1.82, 2.24) is 10.6 Å². The molecule has 0 aliphatic heterocycles. The van der Waals surface area contributed by atoms with E-state index < -0.39 is 30.1 Å². The molecule has 7 nitrogen and oxygen atoms in total. The molecule has 2 aromatic rings. The van der Waals surface area contributed by atoms with Gasteiger partial charge in [-0.1, -0.05) is 82.6 Å². The third-order valence-corrected chi connectivity index (χ3v) is 6.64. The molecule has 0 heterocycles. The summed E-state index contributed by atoms with van der Waals surface area (Å²) in [5, 5.41) is 14.7. The van der Waals surface area contributed by atoms with Gasteiger partial charge in [-0.3, -0.25) is 9.59 Å². The molecule has 3 atom stereocenters. The molecule has 2 amide bonds. The van der Waals surface area contributed by atoms with Crippen LogP contribution in [0.2, 0.25) is 0 Å². The first-order chi connectivity index (χ1) is 16.2. The molecule has 182 valence electrons. The van der Waals surface area contributed by atoms with Gasteiger partial charge in [0.05, 0.1) is 6.42 Å². The van der Waals surface area contributed by atoms with Crippen LogP contribution in [0.3, 0.4) is 0 Å². The van der Waals surface area contributed by atoms with Crippen LogP contribution in [-0.2, 0) is 14.3 Å². The Labute approximate surface area is 200 Å². The van der Waals surface area contributed by atoms with Crippen LogP contribution in [0.15, 0.2) is 48.5 Å². The van der Waals surface area contributed by atoms with Gasteiger partial charge in [-0.15, -0.1) is 0 Å². The van der Waals surface area contributed by atoms with E-state index in [1.165, 1.54) is 0 Å². The molecule has 0 fully saturated rings. The summed E-state index contributed by atoms with van der Waals surface area (Å²) in [6.45, 7) is 7.66. The highest BCUT2D eigenvalue weighted by molar-refractivity contribution is 5.86. The van der Waals surface area contributed by atoms with E-state index in [4.69, 9.17) is 9.84 Å². The normalized spacial score (nSPS) is 15.1. The van der Waals surface area contributed by atoms with E-state index in [1.54, 1.807) is 0 Å². The SMILES string of the molecule is CCC(C)[C@H](NC(=O)OCC1c2ccccc2-c2ccccc21)C(=O)N[C@@H](CC(=O)O)C(C)C. The number of carbonyl (C=O) groups excluding carboxylic acids is 2. The smallest absolute Gasteiger partial charge is 0.407 e. The van der Waals surface area contributed by atoms with Crippen molar-refractivity contribution in [1.29, 1.82) is 0 Å². The van der Waals surface area contributed by atoms with E-state index in [9.17, 15) is 14.4 Å². The van der Waals surface area contributed by atoms with E-state index in [-0.39, 0.29) is 30.8 Å². The van der Waals surface area contributed by atoms with Gasteiger partial charge in [0.25, 0.3) is 0 Å². The molecule has 0 saturated carbocycles. The van der Waals surface area contributed by atoms with Crippen LogP contribution in [-0.4, -0.2) is 41.8 Å². The van der Waals surface area contributed by atoms with Gasteiger partial charge in [0.2, 0.25) is 5.91 Å². The number of benzene rings is 2. The fraction of sp³-hybridized carbons (Fsp3) is 0.444. The second-order valence-corrected chi connectivity index (χ2v) is 9.29. The number of ether oxygens (including phenoxy) is 1. The molecular weight excluding hydrogens is 432 g/mol. The van der Waals surface area contributed by atoms with Crippen molar-refractivity contribution in [2.75, 3.05) is 6.61 Å². The van der Waals surface area contributed by atoms with Crippen LogP contribution >= 0.6 is 0 Å². The van der Waals surface area contributed by atoms with E-state index in [2.05, 4.69) is 22.8 Å². The highest BCUT2D eigenvalue weighted by atomic mass is 16.5. The Balaban J connectivity index is 1.68. The minimum atomic E-state index is -0.983. The van der Waals surface area contributed by atoms with E-state index in [1.807, 2.05) is 64.1 Å². The van der Waals surface area contributed by atoms with Crippen LogP contribution in [0.5, 0.6) is 0 Å². The zero-order valence-electron chi connectivity index (χ0n) is 20.2. The van der Waals surface area contributed by atoms with Crippen LogP contribution in [0.25, 0.3) is 11.1 Å². The molecule has 0 radical (unpaired) electrons. The molecule has 1 aliphatic carbocycles. The van der Waals surface area contributed by atoms with Crippen LogP contribution in [0.4, 0.5) is 4.79 Å². The lowest BCUT2D eigenvalue weighted by Crippen LogP contribution is -2.54. The predicted molar refractivity (Wildman–Crippen MR) is 130 cm³/mol. The highest BCUT2D eigenvalue weighted by Gasteiger charge is 2.32. The molecule has 0 aromatic heterocycles. The van der Waals surface area contributed by atoms with Crippen molar-refractivity contribution in [3.63, 3.8) is 0 Å². The molecule has 3 N–H and O–H groups in total. The maximum absolute atomic E-state index is 13.0. The molecule has 7 heteroatoms. The summed E-state index contributed by atoms with van der Waals surface area (Å²) in [6.07, 6.45) is -0.184. The van der Waals surface area contributed by atoms with Crippen LogP contribution in [0, 0.1) is 11.8 Å². The Kier molecular flexibility index (Phi) is 8.31. The van der Waals surface area contributed by atoms with E-state index >= 15 is 0 Å². The zero-order valence-corrected chi connectivity index (χ0v) is 20.2. The topological polar surface area (TPSA) is 105 Å². The lowest BCUT2D eigenvalue weighted by molar-refractivity contribution is -0.138. The minimum absolute atomic E-state index is 0.0629. The molecule has 3 rings (SSSR count). The van der Waals surface area contributed by atoms with E-state index in [0.717, 1.165) is 22.3 Å². The largest absolute Gasteiger partial charge is 0.481 e. The third kappa shape index (κ3) is 5.76. The van der Waals surface area contributed by atoms with Crippen LogP contribution < -0.4 is 10.6 Å². The lowest BCUT2D eigenvalue weighted by Gasteiger charge is -2.27. The molecular formula is C27H34N2O5. The maximum atomic E-state index is 13.0. The van der Waals surface area contributed by atoms with Gasteiger partial charge in [-0.25, -0.2) is 4.79 Å². The van der Waals surface area contributed by atoms with Crippen molar-refractivity contribution in [3.8, 4) is 11.1 Å². The third-order valence-electron chi connectivity index (χ3n) is 6.64. The van der Waals surface area contributed by atoms with Gasteiger partial charge >= 0.3 is 12.1 Å². The quantitative estimate of drug-likeness (QED) is 0.476. The molecule has 1 aliphatic rings. The summed E-state index contributed by atoms with van der Waals surface area (Å²) >= 11 is 0. The molecule has 34 heavy (non-hydrogen) atoms. The van der Waals surface area contributed by atoms with Crippen LogP contribution in [0.1, 0.15) is 57.6 Å². The number of rotatable bonds is 10.